The summed E-state index contributed by atoms with van der Waals surface area (Å²) in [6.07, 6.45) is 0. The lowest BCUT2D eigenvalue weighted by Gasteiger charge is -2.14. The molecule has 0 radical (unpaired) electrons. The van der Waals surface area contributed by atoms with E-state index in [2.05, 4.69) is 19.9 Å². The van der Waals surface area contributed by atoms with Gasteiger partial charge < -0.3 is 37.9 Å². The van der Waals surface area contributed by atoms with Gasteiger partial charge in [-0.15, -0.1) is 0 Å². The van der Waals surface area contributed by atoms with Crippen molar-refractivity contribution in [2.24, 2.45) is 0 Å². The molecule has 0 atom stereocenters. The van der Waals surface area contributed by atoms with E-state index in [4.69, 9.17) is 37.9 Å². The molecule has 36 heavy (non-hydrogen) atoms. The zero-order valence-corrected chi connectivity index (χ0v) is 20.6. The Morgan fingerprint density at radius 1 is 0.500 bits per heavy atom. The Balaban J connectivity index is 1.60. The number of methoxy groups -OCH3 is 2. The van der Waals surface area contributed by atoms with Crippen molar-refractivity contribution in [3.63, 3.8) is 0 Å². The third kappa shape index (κ3) is 6.49. The second-order valence-electron chi connectivity index (χ2n) is 7.70. The number of hydrogen-bond acceptors (Lipinski definition) is 12. The molecule has 12 nitrogen and oxygen atoms in total. The molecule has 0 bridgehead atoms. The van der Waals surface area contributed by atoms with Gasteiger partial charge in [-0.05, 0) is 37.1 Å². The van der Waals surface area contributed by atoms with Crippen molar-refractivity contribution in [1.82, 2.24) is 19.9 Å². The van der Waals surface area contributed by atoms with Crippen LogP contribution in [0.1, 0.15) is 11.1 Å². The summed E-state index contributed by atoms with van der Waals surface area (Å²) in [6.45, 7) is 4.13. The van der Waals surface area contributed by atoms with Crippen LogP contribution in [0.3, 0.4) is 0 Å². The van der Waals surface area contributed by atoms with Crippen LogP contribution in [0, 0.1) is 13.8 Å². The van der Waals surface area contributed by atoms with Gasteiger partial charge in [0.05, 0.1) is 22.1 Å². The van der Waals surface area contributed by atoms with E-state index in [0.29, 0.717) is 33.8 Å². The minimum absolute atomic E-state index is 0.00353. The van der Waals surface area contributed by atoms with E-state index >= 15 is 0 Å². The van der Waals surface area contributed by atoms with Crippen molar-refractivity contribution in [2.75, 3.05) is 55.0 Å². The Labute approximate surface area is 207 Å². The summed E-state index contributed by atoms with van der Waals surface area (Å²) in [7, 11) is 3.05. The van der Waals surface area contributed by atoms with Crippen molar-refractivity contribution in [2.45, 2.75) is 13.8 Å². The molecular formula is C24H28N4O8. The highest BCUT2D eigenvalue weighted by molar-refractivity contribution is 5.89. The van der Waals surface area contributed by atoms with Crippen LogP contribution >= 0.6 is 0 Å². The third-order valence-electron chi connectivity index (χ3n) is 5.07. The van der Waals surface area contributed by atoms with Crippen LogP contribution in [0.5, 0.6) is 11.5 Å². The first-order valence-electron chi connectivity index (χ1n) is 11.0. The van der Waals surface area contributed by atoms with Crippen molar-refractivity contribution in [3.8, 4) is 11.5 Å². The van der Waals surface area contributed by atoms with Gasteiger partial charge in [0.1, 0.15) is 13.6 Å². The molecule has 0 spiro atoms. The monoisotopic (exact) mass is 500 g/mol. The van der Waals surface area contributed by atoms with Gasteiger partial charge >= 0.3 is 0 Å². The summed E-state index contributed by atoms with van der Waals surface area (Å²) in [4.78, 5) is 18.7. The lowest BCUT2D eigenvalue weighted by atomic mass is 10.1. The number of hydrogen-bond donors (Lipinski definition) is 0. The van der Waals surface area contributed by atoms with E-state index in [9.17, 15) is 0 Å². The van der Waals surface area contributed by atoms with Gasteiger partial charge in [0.25, 0.3) is 0 Å². The molecule has 4 aromatic rings. The second kappa shape index (κ2) is 12.6. The first kappa shape index (κ1) is 25.8. The fourth-order valence-corrected chi connectivity index (χ4v) is 3.25. The van der Waals surface area contributed by atoms with Gasteiger partial charge in [0, 0.05) is 26.4 Å². The molecule has 2 aromatic heterocycles. The van der Waals surface area contributed by atoms with Gasteiger partial charge in [-0.1, -0.05) is 0 Å². The molecule has 2 heterocycles. The molecule has 12 heteroatoms. The Kier molecular flexibility index (Phi) is 9.06. The number of rotatable bonds is 14. The summed E-state index contributed by atoms with van der Waals surface area (Å²) >= 11 is 0. The predicted octanol–water partition coefficient (Wildman–Crippen LogP) is 3.20. The highest BCUT2D eigenvalue weighted by Crippen LogP contribution is 2.32. The van der Waals surface area contributed by atoms with Gasteiger partial charge in [-0.25, -0.2) is 19.9 Å². The summed E-state index contributed by atoms with van der Waals surface area (Å²) < 4.78 is 41.9. The first-order chi connectivity index (χ1) is 17.6. The Morgan fingerprint density at radius 2 is 0.861 bits per heavy atom. The lowest BCUT2D eigenvalue weighted by molar-refractivity contribution is -0.148. The van der Waals surface area contributed by atoms with Gasteiger partial charge in [-0.3, -0.25) is 0 Å². The topological polar surface area (TPSA) is 125 Å². The lowest BCUT2D eigenvalue weighted by Crippen LogP contribution is -2.11. The zero-order chi connectivity index (χ0) is 25.3. The molecule has 0 saturated carbocycles. The summed E-state index contributed by atoms with van der Waals surface area (Å²) in [5, 5.41) is 0. The van der Waals surface area contributed by atoms with Crippen LogP contribution in [0.4, 0.5) is 0 Å². The van der Waals surface area contributed by atoms with E-state index in [-0.39, 0.29) is 40.8 Å². The Bertz CT molecular complexity index is 1220. The van der Waals surface area contributed by atoms with Crippen LogP contribution in [0.25, 0.3) is 33.4 Å². The van der Waals surface area contributed by atoms with Crippen molar-refractivity contribution < 1.29 is 37.9 Å². The Morgan fingerprint density at radius 3 is 1.25 bits per heavy atom. The summed E-state index contributed by atoms with van der Waals surface area (Å²) in [5.74, 6) is 0.758. The number of aryl methyl sites for hydroxylation is 2. The molecule has 0 fully saturated rings. The quantitative estimate of drug-likeness (QED) is 0.143. The third-order valence-corrected chi connectivity index (χ3v) is 5.07. The van der Waals surface area contributed by atoms with Crippen LogP contribution < -0.4 is 9.47 Å². The van der Waals surface area contributed by atoms with Crippen molar-refractivity contribution >= 4 is 33.4 Å². The van der Waals surface area contributed by atoms with Crippen LogP contribution in [0.2, 0.25) is 0 Å². The van der Waals surface area contributed by atoms with Crippen LogP contribution in [-0.4, -0.2) is 74.9 Å². The Hall–Kier alpha value is -3.26. The smallest absolute Gasteiger partial charge is 0.199 e. The number of ether oxygens (including phenoxy) is 8. The van der Waals surface area contributed by atoms with E-state index in [1.807, 2.05) is 26.0 Å². The predicted molar refractivity (Wildman–Crippen MR) is 128 cm³/mol. The minimum atomic E-state index is -0.0898. The molecule has 0 unspecified atom stereocenters. The molecule has 0 aliphatic heterocycles. The number of benzene rings is 2. The normalized spacial score (nSPS) is 11.6. The maximum atomic E-state index is 5.75. The molecule has 0 aliphatic rings. The molecule has 4 rings (SSSR count). The molecule has 0 saturated heterocycles. The average molecular weight is 501 g/mol. The minimum Gasteiger partial charge on any atom is -0.463 e. The van der Waals surface area contributed by atoms with Crippen molar-refractivity contribution in [3.05, 3.63) is 35.4 Å². The molecule has 192 valence electrons. The van der Waals surface area contributed by atoms with Gasteiger partial charge in [0.2, 0.25) is 0 Å². The molecule has 2 aromatic carbocycles. The number of aromatic nitrogens is 4. The second-order valence-corrected chi connectivity index (χ2v) is 7.70. The fraction of sp³-hybridized carbons (Fsp3) is 0.417. The zero-order valence-electron chi connectivity index (χ0n) is 20.6. The standard InChI is InChI=1S/C24H28N4O8/c1-15-5-17-18(6-16(15)2)26-24-23(25-17)27-19-7-21(35-13-33-11-31-9-29-3)22(8-20(19)28-24)36-14-34-12-32-10-30-4/h5-8H,9-14H2,1-4H3. The first-order valence-corrected chi connectivity index (χ1v) is 11.0. The fourth-order valence-electron chi connectivity index (χ4n) is 3.25. The summed E-state index contributed by atoms with van der Waals surface area (Å²) in [6, 6.07) is 7.38. The highest BCUT2D eigenvalue weighted by atomic mass is 16.8. The van der Waals surface area contributed by atoms with Crippen LogP contribution in [0.15, 0.2) is 24.3 Å². The largest absolute Gasteiger partial charge is 0.463 e. The molecule has 0 amide bonds. The molecule has 0 aliphatic carbocycles. The number of nitrogens with zero attached hydrogens (tertiary/aromatic N) is 4. The number of fused-ring (bicyclic) bond motifs is 3. The van der Waals surface area contributed by atoms with Crippen molar-refractivity contribution in [1.29, 1.82) is 0 Å². The van der Waals surface area contributed by atoms with E-state index in [1.165, 1.54) is 14.2 Å². The van der Waals surface area contributed by atoms with E-state index in [0.717, 1.165) is 22.2 Å². The average Bonchev–Trinajstić information content (AvgIpc) is 2.87. The van der Waals surface area contributed by atoms with Crippen LogP contribution in [-0.2, 0) is 28.4 Å². The van der Waals surface area contributed by atoms with Gasteiger partial charge in [0.15, 0.2) is 50.0 Å². The SMILES string of the molecule is COCOCOCOc1cc2nc3nc4cc(C)c(C)cc4nc3nc2cc1OCOCOCOC. The highest BCUT2D eigenvalue weighted by Gasteiger charge is 2.14. The maximum Gasteiger partial charge on any atom is 0.199 e. The maximum absolute atomic E-state index is 5.75. The van der Waals surface area contributed by atoms with E-state index in [1.54, 1.807) is 12.1 Å². The summed E-state index contributed by atoms with van der Waals surface area (Å²) in [5.41, 5.74) is 5.75. The molecular weight excluding hydrogens is 472 g/mol. The van der Waals surface area contributed by atoms with E-state index < -0.39 is 0 Å². The van der Waals surface area contributed by atoms with Gasteiger partial charge in [-0.2, -0.15) is 0 Å². The molecule has 0 N–H and O–H groups in total.